The average molecular weight is 546 g/mol. The number of hydrogen-bond acceptors (Lipinski definition) is 7. The molecule has 9 nitrogen and oxygen atoms in total. The molecule has 0 aliphatic carbocycles. The second-order valence-electron chi connectivity index (χ2n) is 7.82. The van der Waals surface area contributed by atoms with Crippen molar-refractivity contribution in [1.82, 2.24) is 5.43 Å². The number of carbonyl (C=O) groups is 1. The number of halogens is 1. The van der Waals surface area contributed by atoms with Gasteiger partial charge in [0, 0.05) is 5.02 Å². The van der Waals surface area contributed by atoms with E-state index in [2.05, 4.69) is 10.5 Å². The van der Waals surface area contributed by atoms with Crippen molar-refractivity contribution in [2.45, 2.75) is 13.5 Å². The third-order valence-corrected chi connectivity index (χ3v) is 6.42. The number of methoxy groups -OCH3 is 1. The van der Waals surface area contributed by atoms with Gasteiger partial charge in [0.05, 0.1) is 31.9 Å². The fraction of sp³-hybridized carbons (Fsp3) is 0.231. The molecule has 0 radical (unpaired) electrons. The number of hydrogen-bond donors (Lipinski definition) is 1. The molecule has 0 aromatic heterocycles. The molecule has 0 spiro atoms. The van der Waals surface area contributed by atoms with E-state index in [0.717, 1.165) is 16.1 Å². The van der Waals surface area contributed by atoms with Gasteiger partial charge >= 0.3 is 0 Å². The van der Waals surface area contributed by atoms with Crippen LogP contribution in [0.3, 0.4) is 0 Å². The molecular formula is C26H28ClN3O6S. The highest BCUT2D eigenvalue weighted by atomic mass is 35.5. The number of carbonyl (C=O) groups excluding carboxylic acids is 1. The minimum absolute atomic E-state index is 0.331. The first-order valence-corrected chi connectivity index (χ1v) is 13.5. The van der Waals surface area contributed by atoms with Crippen molar-refractivity contribution in [3.05, 3.63) is 82.9 Å². The number of ether oxygens (including phenoxy) is 3. The van der Waals surface area contributed by atoms with Gasteiger partial charge in [-0.2, -0.15) is 5.10 Å². The molecule has 3 aromatic carbocycles. The van der Waals surface area contributed by atoms with Crippen LogP contribution in [0.2, 0.25) is 5.02 Å². The highest BCUT2D eigenvalue weighted by molar-refractivity contribution is 7.92. The summed E-state index contributed by atoms with van der Waals surface area (Å²) in [4.78, 5) is 12.4. The maximum absolute atomic E-state index is 12.4. The van der Waals surface area contributed by atoms with Gasteiger partial charge in [-0.25, -0.2) is 13.8 Å². The number of rotatable bonds is 12. The van der Waals surface area contributed by atoms with Gasteiger partial charge in [-0.3, -0.25) is 9.10 Å². The number of benzene rings is 3. The topological polar surface area (TPSA) is 107 Å². The fourth-order valence-corrected chi connectivity index (χ4v) is 4.21. The third-order valence-electron chi connectivity index (χ3n) is 5.03. The molecule has 0 aliphatic rings. The maximum atomic E-state index is 12.4. The van der Waals surface area contributed by atoms with E-state index < -0.39 is 22.5 Å². The minimum atomic E-state index is -3.71. The third kappa shape index (κ3) is 8.40. The smallest absolute Gasteiger partial charge is 0.260 e. The fourth-order valence-electron chi connectivity index (χ4n) is 3.23. The summed E-state index contributed by atoms with van der Waals surface area (Å²) < 4.78 is 42.2. The molecule has 0 saturated carbocycles. The Morgan fingerprint density at radius 1 is 1.03 bits per heavy atom. The van der Waals surface area contributed by atoms with Crippen LogP contribution in [0, 0.1) is 0 Å². The van der Waals surface area contributed by atoms with Crippen LogP contribution in [0.25, 0.3) is 0 Å². The van der Waals surface area contributed by atoms with Gasteiger partial charge in [0.25, 0.3) is 5.91 Å². The summed E-state index contributed by atoms with van der Waals surface area (Å²) in [6.07, 6.45) is 2.46. The zero-order chi connectivity index (χ0) is 26.8. The Hall–Kier alpha value is -3.76. The number of nitrogens with zero attached hydrogens (tertiary/aromatic N) is 2. The van der Waals surface area contributed by atoms with Crippen LogP contribution in [-0.4, -0.2) is 47.1 Å². The first-order chi connectivity index (χ1) is 17.7. The molecule has 37 heavy (non-hydrogen) atoms. The summed E-state index contributed by atoms with van der Waals surface area (Å²) in [5.74, 6) is 1.04. The van der Waals surface area contributed by atoms with Gasteiger partial charge in [-0.15, -0.1) is 0 Å². The molecule has 0 unspecified atom stereocenters. The predicted octanol–water partition coefficient (Wildman–Crippen LogP) is 4.24. The van der Waals surface area contributed by atoms with Gasteiger partial charge in [0.15, 0.2) is 11.5 Å². The Bertz CT molecular complexity index is 1330. The van der Waals surface area contributed by atoms with E-state index >= 15 is 0 Å². The second-order valence-corrected chi connectivity index (χ2v) is 10.2. The molecule has 3 rings (SSSR count). The molecule has 11 heteroatoms. The maximum Gasteiger partial charge on any atom is 0.260 e. The standard InChI is InChI=1S/C26H28ClN3O6S/c1-4-35-25-15-20(7-14-24(25)36-18-19-5-8-21(27)9-6-19)16-28-29-26(31)17-30(37(3,32)33)22-10-12-23(34-2)13-11-22/h5-16H,4,17-18H2,1-3H3,(H,29,31)/b28-16-. The first kappa shape index (κ1) is 27.8. The SMILES string of the molecule is CCOc1cc(/C=N\NC(=O)CN(c2ccc(OC)cc2)S(C)(=O)=O)ccc1OCc1ccc(Cl)cc1. The Balaban J connectivity index is 1.64. The molecule has 0 heterocycles. The minimum Gasteiger partial charge on any atom is -0.497 e. The lowest BCUT2D eigenvalue weighted by atomic mass is 10.2. The molecule has 1 N–H and O–H groups in total. The van der Waals surface area contributed by atoms with Crippen LogP contribution in [0.15, 0.2) is 71.8 Å². The Kier molecular flexibility index (Phi) is 9.76. The zero-order valence-corrected chi connectivity index (χ0v) is 22.3. The summed E-state index contributed by atoms with van der Waals surface area (Å²) in [6.45, 7) is 2.19. The normalized spacial score (nSPS) is 11.2. The van der Waals surface area contributed by atoms with Gasteiger partial charge in [0.1, 0.15) is 18.9 Å². The summed E-state index contributed by atoms with van der Waals surface area (Å²) >= 11 is 5.92. The first-order valence-electron chi connectivity index (χ1n) is 11.3. The number of amides is 1. The molecule has 0 bridgehead atoms. The highest BCUT2D eigenvalue weighted by Crippen LogP contribution is 2.29. The van der Waals surface area contributed by atoms with Crippen LogP contribution in [0.4, 0.5) is 5.69 Å². The van der Waals surface area contributed by atoms with E-state index in [1.54, 1.807) is 54.6 Å². The van der Waals surface area contributed by atoms with Crippen LogP contribution >= 0.6 is 11.6 Å². The quantitative estimate of drug-likeness (QED) is 0.269. The lowest BCUT2D eigenvalue weighted by Gasteiger charge is -2.21. The van der Waals surface area contributed by atoms with Crippen molar-refractivity contribution in [1.29, 1.82) is 0 Å². The zero-order valence-electron chi connectivity index (χ0n) is 20.7. The van der Waals surface area contributed by atoms with E-state index in [9.17, 15) is 13.2 Å². The number of hydrazone groups is 1. The van der Waals surface area contributed by atoms with Gasteiger partial charge in [-0.05, 0) is 72.6 Å². The van der Waals surface area contributed by atoms with Gasteiger partial charge in [0.2, 0.25) is 10.0 Å². The molecule has 0 fully saturated rings. The van der Waals surface area contributed by atoms with E-state index in [0.29, 0.717) is 46.7 Å². The summed E-state index contributed by atoms with van der Waals surface area (Å²) in [5, 5.41) is 4.61. The van der Waals surface area contributed by atoms with Gasteiger partial charge in [-0.1, -0.05) is 23.7 Å². The Morgan fingerprint density at radius 2 is 1.73 bits per heavy atom. The highest BCUT2D eigenvalue weighted by Gasteiger charge is 2.20. The summed E-state index contributed by atoms with van der Waals surface area (Å²) in [7, 11) is -2.20. The van der Waals surface area contributed by atoms with E-state index in [1.165, 1.54) is 13.3 Å². The number of nitrogens with one attached hydrogen (secondary N) is 1. The van der Waals surface area contributed by atoms with Crippen LogP contribution in [0.5, 0.6) is 17.2 Å². The number of anilines is 1. The molecule has 3 aromatic rings. The Morgan fingerprint density at radius 3 is 2.35 bits per heavy atom. The van der Waals surface area contributed by atoms with Crippen molar-refractivity contribution in [2.24, 2.45) is 5.10 Å². The van der Waals surface area contributed by atoms with Crippen LogP contribution < -0.4 is 23.9 Å². The molecule has 0 aliphatic heterocycles. The molecule has 0 atom stereocenters. The lowest BCUT2D eigenvalue weighted by Crippen LogP contribution is -2.39. The summed E-state index contributed by atoms with van der Waals surface area (Å²) in [5.41, 5.74) is 4.30. The van der Waals surface area contributed by atoms with E-state index in [4.69, 9.17) is 25.8 Å². The molecule has 1 amide bonds. The molecule has 196 valence electrons. The predicted molar refractivity (Wildman–Crippen MR) is 144 cm³/mol. The lowest BCUT2D eigenvalue weighted by molar-refractivity contribution is -0.119. The largest absolute Gasteiger partial charge is 0.497 e. The van der Waals surface area contributed by atoms with Crippen molar-refractivity contribution >= 4 is 39.4 Å². The monoisotopic (exact) mass is 545 g/mol. The molecular weight excluding hydrogens is 518 g/mol. The van der Waals surface area contributed by atoms with Crippen molar-refractivity contribution < 1.29 is 27.4 Å². The van der Waals surface area contributed by atoms with Crippen molar-refractivity contribution in [3.63, 3.8) is 0 Å². The van der Waals surface area contributed by atoms with Crippen molar-refractivity contribution in [2.75, 3.05) is 30.8 Å². The van der Waals surface area contributed by atoms with Gasteiger partial charge < -0.3 is 14.2 Å². The summed E-state index contributed by atoms with van der Waals surface area (Å²) in [6, 6.07) is 18.9. The van der Waals surface area contributed by atoms with E-state index in [-0.39, 0.29) is 0 Å². The van der Waals surface area contributed by atoms with Crippen molar-refractivity contribution in [3.8, 4) is 17.2 Å². The average Bonchev–Trinajstić information content (AvgIpc) is 2.87. The second kappa shape index (κ2) is 13.0. The van der Waals surface area contributed by atoms with E-state index in [1.807, 2.05) is 19.1 Å². The molecule has 0 saturated heterocycles. The van der Waals surface area contributed by atoms with Crippen LogP contribution in [-0.2, 0) is 21.4 Å². The van der Waals surface area contributed by atoms with Crippen LogP contribution in [0.1, 0.15) is 18.1 Å². The Labute approximate surface area is 221 Å². The number of sulfonamides is 1.